The maximum Gasteiger partial charge on any atom is 0.335 e. The number of carboxylic acid groups (broad SMARTS) is 1. The van der Waals surface area contributed by atoms with E-state index in [1.807, 2.05) is 0 Å². The zero-order valence-electron chi connectivity index (χ0n) is 10.9. The quantitative estimate of drug-likeness (QED) is 0.690. The molecule has 7 heteroatoms. The molecule has 0 fully saturated rings. The van der Waals surface area contributed by atoms with Crippen molar-refractivity contribution >= 4 is 11.7 Å². The average Bonchev–Trinajstić information content (AvgIpc) is 2.46. The molecule has 0 atom stereocenters. The smallest absolute Gasteiger partial charge is 0.335 e. The molecule has 21 heavy (non-hydrogen) atoms. The monoisotopic (exact) mass is 291 g/mol. The number of carbonyl (C=O) groups is 1. The molecule has 0 radical (unpaired) electrons. The molecule has 2 rings (SSSR count). The van der Waals surface area contributed by atoms with Gasteiger partial charge >= 0.3 is 5.97 Å². The Morgan fingerprint density at radius 1 is 1.24 bits per heavy atom. The van der Waals surface area contributed by atoms with Crippen molar-refractivity contribution in [3.63, 3.8) is 0 Å². The molecular weight excluding hydrogens is 281 g/mol. The van der Waals surface area contributed by atoms with Gasteiger partial charge in [0.25, 0.3) is 5.69 Å². The fraction of sp³-hybridized carbons (Fsp3) is 0.0714. The van der Waals surface area contributed by atoms with Crippen molar-refractivity contribution in [3.05, 3.63) is 57.9 Å². The first-order valence-electron chi connectivity index (χ1n) is 5.79. The molecule has 0 aliphatic rings. The highest BCUT2D eigenvalue weighted by molar-refractivity contribution is 5.91. The van der Waals surface area contributed by atoms with E-state index in [4.69, 9.17) is 9.84 Å². The van der Waals surface area contributed by atoms with Gasteiger partial charge in [0.2, 0.25) is 0 Å². The van der Waals surface area contributed by atoms with Crippen LogP contribution in [0.5, 0.6) is 5.75 Å². The standard InChI is InChI=1S/C14H10FNO5/c1-21-13-5-3-9(15)7-11(13)10-4-2-8(14(17)18)6-12(10)16(19)20/h2-7H,1H3,(H,17,18). The molecule has 6 nitrogen and oxygen atoms in total. The van der Waals surface area contributed by atoms with Crippen LogP contribution in [0, 0.1) is 15.9 Å². The second-order valence-electron chi connectivity index (χ2n) is 4.14. The second kappa shape index (κ2) is 5.58. The molecule has 1 N–H and O–H groups in total. The van der Waals surface area contributed by atoms with Crippen LogP contribution in [-0.2, 0) is 0 Å². The molecular formula is C14H10FNO5. The molecule has 0 aliphatic carbocycles. The van der Waals surface area contributed by atoms with E-state index in [0.29, 0.717) is 0 Å². The lowest BCUT2D eigenvalue weighted by molar-refractivity contribution is -0.384. The van der Waals surface area contributed by atoms with Crippen molar-refractivity contribution in [3.8, 4) is 16.9 Å². The normalized spacial score (nSPS) is 10.2. The Bertz CT molecular complexity index is 729. The molecule has 0 bridgehead atoms. The summed E-state index contributed by atoms with van der Waals surface area (Å²) in [5, 5.41) is 20.0. The van der Waals surface area contributed by atoms with E-state index in [1.54, 1.807) is 0 Å². The molecule has 2 aromatic carbocycles. The highest BCUT2D eigenvalue weighted by atomic mass is 19.1. The molecule has 108 valence electrons. The summed E-state index contributed by atoms with van der Waals surface area (Å²) in [7, 11) is 1.36. The van der Waals surface area contributed by atoms with E-state index in [2.05, 4.69) is 0 Å². The molecule has 0 unspecified atom stereocenters. The van der Waals surface area contributed by atoms with E-state index >= 15 is 0 Å². The Hall–Kier alpha value is -2.96. The number of methoxy groups -OCH3 is 1. The Labute approximate surface area is 118 Å². The van der Waals surface area contributed by atoms with Crippen LogP contribution in [0.4, 0.5) is 10.1 Å². The Balaban J connectivity index is 2.71. The number of nitrogens with zero attached hydrogens (tertiary/aromatic N) is 1. The number of rotatable bonds is 4. The van der Waals surface area contributed by atoms with Crippen LogP contribution >= 0.6 is 0 Å². The van der Waals surface area contributed by atoms with Gasteiger partial charge in [0.1, 0.15) is 11.6 Å². The van der Waals surface area contributed by atoms with E-state index in [0.717, 1.165) is 12.1 Å². The van der Waals surface area contributed by atoms with Gasteiger partial charge in [-0.2, -0.15) is 0 Å². The van der Waals surface area contributed by atoms with Gasteiger partial charge in [0, 0.05) is 11.6 Å². The lowest BCUT2D eigenvalue weighted by Gasteiger charge is -2.09. The fourth-order valence-corrected chi connectivity index (χ4v) is 1.93. The summed E-state index contributed by atoms with van der Waals surface area (Å²) in [5.74, 6) is -1.61. The predicted octanol–water partition coefficient (Wildman–Crippen LogP) is 3.11. The van der Waals surface area contributed by atoms with Crippen LogP contribution in [0.15, 0.2) is 36.4 Å². The summed E-state index contributed by atoms with van der Waals surface area (Å²) in [6, 6.07) is 7.02. The molecule has 2 aromatic rings. The number of hydrogen-bond donors (Lipinski definition) is 1. The number of nitro groups is 1. The minimum absolute atomic E-state index is 0.0846. The van der Waals surface area contributed by atoms with Crippen LogP contribution in [0.2, 0.25) is 0 Å². The molecule has 0 saturated heterocycles. The largest absolute Gasteiger partial charge is 0.496 e. The van der Waals surface area contributed by atoms with Gasteiger partial charge in [-0.05, 0) is 30.3 Å². The number of ether oxygens (including phenoxy) is 1. The maximum atomic E-state index is 13.4. The van der Waals surface area contributed by atoms with Crippen molar-refractivity contribution in [2.75, 3.05) is 7.11 Å². The van der Waals surface area contributed by atoms with Crippen LogP contribution in [0.25, 0.3) is 11.1 Å². The number of benzene rings is 2. The van der Waals surface area contributed by atoms with Crippen LogP contribution in [-0.4, -0.2) is 23.1 Å². The molecule has 0 aromatic heterocycles. The number of aromatic carboxylic acids is 1. The molecule has 0 spiro atoms. The van der Waals surface area contributed by atoms with Crippen molar-refractivity contribution in [1.82, 2.24) is 0 Å². The van der Waals surface area contributed by atoms with Crippen molar-refractivity contribution < 1.29 is 24.0 Å². The third-order valence-corrected chi connectivity index (χ3v) is 2.89. The SMILES string of the molecule is COc1ccc(F)cc1-c1ccc(C(=O)O)cc1[N+](=O)[O-]. The Morgan fingerprint density at radius 3 is 2.52 bits per heavy atom. The number of carboxylic acids is 1. The van der Waals surface area contributed by atoms with E-state index < -0.39 is 22.4 Å². The van der Waals surface area contributed by atoms with Crippen LogP contribution < -0.4 is 4.74 Å². The van der Waals surface area contributed by atoms with Gasteiger partial charge in [-0.15, -0.1) is 0 Å². The van der Waals surface area contributed by atoms with E-state index in [9.17, 15) is 19.3 Å². The highest BCUT2D eigenvalue weighted by Gasteiger charge is 2.21. The predicted molar refractivity (Wildman–Crippen MR) is 72.0 cm³/mol. The van der Waals surface area contributed by atoms with Gasteiger partial charge in [-0.25, -0.2) is 9.18 Å². The lowest BCUT2D eigenvalue weighted by Crippen LogP contribution is -2.00. The fourth-order valence-electron chi connectivity index (χ4n) is 1.93. The number of halogens is 1. The summed E-state index contributed by atoms with van der Waals surface area (Å²) < 4.78 is 18.5. The zero-order chi connectivity index (χ0) is 15.6. The molecule has 0 aliphatic heterocycles. The summed E-state index contributed by atoms with van der Waals surface area (Å²) in [6.45, 7) is 0. The highest BCUT2D eigenvalue weighted by Crippen LogP contribution is 2.37. The lowest BCUT2D eigenvalue weighted by atomic mass is 10.0. The summed E-state index contributed by atoms with van der Waals surface area (Å²) >= 11 is 0. The molecule has 0 saturated carbocycles. The van der Waals surface area contributed by atoms with Crippen molar-refractivity contribution in [1.29, 1.82) is 0 Å². The molecule has 0 heterocycles. The minimum Gasteiger partial charge on any atom is -0.496 e. The topological polar surface area (TPSA) is 89.7 Å². The average molecular weight is 291 g/mol. The van der Waals surface area contributed by atoms with Gasteiger partial charge < -0.3 is 9.84 Å². The van der Waals surface area contributed by atoms with Crippen LogP contribution in [0.1, 0.15) is 10.4 Å². The van der Waals surface area contributed by atoms with Crippen molar-refractivity contribution in [2.45, 2.75) is 0 Å². The first kappa shape index (κ1) is 14.4. The maximum absolute atomic E-state index is 13.4. The number of hydrogen-bond acceptors (Lipinski definition) is 4. The minimum atomic E-state index is -1.28. The number of nitro benzene ring substituents is 1. The van der Waals surface area contributed by atoms with Crippen molar-refractivity contribution in [2.24, 2.45) is 0 Å². The van der Waals surface area contributed by atoms with Gasteiger partial charge in [0.15, 0.2) is 0 Å². The van der Waals surface area contributed by atoms with E-state index in [-0.39, 0.29) is 22.4 Å². The van der Waals surface area contributed by atoms with Crippen LogP contribution in [0.3, 0.4) is 0 Å². The first-order valence-corrected chi connectivity index (χ1v) is 5.79. The van der Waals surface area contributed by atoms with Gasteiger partial charge in [-0.3, -0.25) is 10.1 Å². The second-order valence-corrected chi connectivity index (χ2v) is 4.14. The Morgan fingerprint density at radius 2 is 1.95 bits per heavy atom. The summed E-state index contributed by atoms with van der Waals surface area (Å²) in [4.78, 5) is 21.3. The van der Waals surface area contributed by atoms with Gasteiger partial charge in [0.05, 0.1) is 23.2 Å². The third kappa shape index (κ3) is 2.81. The summed E-state index contributed by atoms with van der Waals surface area (Å²) in [6.07, 6.45) is 0. The first-order chi connectivity index (χ1) is 9.93. The zero-order valence-corrected chi connectivity index (χ0v) is 10.9. The van der Waals surface area contributed by atoms with E-state index in [1.165, 1.54) is 31.4 Å². The molecule has 0 amide bonds. The summed E-state index contributed by atoms with van der Waals surface area (Å²) in [5.41, 5.74) is -0.387. The third-order valence-electron chi connectivity index (χ3n) is 2.89. The van der Waals surface area contributed by atoms with Gasteiger partial charge in [-0.1, -0.05) is 0 Å². The Kier molecular flexibility index (Phi) is 3.84.